The predicted molar refractivity (Wildman–Crippen MR) is 64.8 cm³/mol. The summed E-state index contributed by atoms with van der Waals surface area (Å²) in [5, 5.41) is 6.28. The molecule has 1 atom stereocenters. The van der Waals surface area contributed by atoms with Gasteiger partial charge in [0.05, 0.1) is 11.2 Å². The summed E-state index contributed by atoms with van der Waals surface area (Å²) in [5.41, 5.74) is 2.54. The molecule has 1 aliphatic heterocycles. The summed E-state index contributed by atoms with van der Waals surface area (Å²) in [6, 6.07) is 0. The van der Waals surface area contributed by atoms with E-state index in [-0.39, 0.29) is 5.91 Å². The molecule has 0 radical (unpaired) electrons. The molecule has 0 aromatic carbocycles. The lowest BCUT2D eigenvalue weighted by Crippen LogP contribution is -2.26. The number of nitrogens with zero attached hydrogens (tertiary/aromatic N) is 1. The molecule has 1 fully saturated rings. The number of carbonyl (C=O) groups excluding carboxylic acids is 1. The Labute approximate surface area is 99.5 Å². The van der Waals surface area contributed by atoms with Gasteiger partial charge in [-0.15, -0.1) is 11.3 Å². The lowest BCUT2D eigenvalue weighted by molar-refractivity contribution is 0.0955. The van der Waals surface area contributed by atoms with Gasteiger partial charge in [-0.3, -0.25) is 4.79 Å². The maximum absolute atomic E-state index is 11.7. The molecule has 0 bridgehead atoms. The van der Waals surface area contributed by atoms with Gasteiger partial charge in [0.15, 0.2) is 0 Å². The Morgan fingerprint density at radius 3 is 3.25 bits per heavy atom. The lowest BCUT2D eigenvalue weighted by atomic mass is 10.1. The van der Waals surface area contributed by atoms with Gasteiger partial charge < -0.3 is 10.6 Å². The van der Waals surface area contributed by atoms with E-state index in [1.165, 1.54) is 17.8 Å². The lowest BCUT2D eigenvalue weighted by Gasteiger charge is -2.08. The van der Waals surface area contributed by atoms with Crippen LogP contribution < -0.4 is 10.6 Å². The van der Waals surface area contributed by atoms with Gasteiger partial charge in [-0.25, -0.2) is 4.98 Å². The molecule has 2 heterocycles. The summed E-state index contributed by atoms with van der Waals surface area (Å²) in [6.45, 7) is 4.84. The highest BCUT2D eigenvalue weighted by atomic mass is 32.1. The third kappa shape index (κ3) is 2.80. The number of hydrogen-bond acceptors (Lipinski definition) is 4. The molecule has 88 valence electrons. The number of carbonyl (C=O) groups is 1. The zero-order valence-electron chi connectivity index (χ0n) is 9.45. The first-order valence-corrected chi connectivity index (χ1v) is 6.54. The van der Waals surface area contributed by atoms with Crippen molar-refractivity contribution in [2.24, 2.45) is 5.92 Å². The fourth-order valence-electron chi connectivity index (χ4n) is 1.95. The number of thiazole rings is 1. The van der Waals surface area contributed by atoms with E-state index in [0.717, 1.165) is 42.5 Å². The van der Waals surface area contributed by atoms with Crippen molar-refractivity contribution < 1.29 is 4.79 Å². The molecule has 0 saturated carbocycles. The second-order valence-electron chi connectivity index (χ2n) is 4.17. The van der Waals surface area contributed by atoms with Gasteiger partial charge in [-0.05, 0) is 38.8 Å². The standard InChI is InChI=1S/C11H17N3OS/c1-8-10(16-7-14-8)11(15)13-5-3-9-2-4-12-6-9/h7,9,12H,2-6H2,1H3,(H,13,15). The minimum absolute atomic E-state index is 0.0194. The molecule has 5 heteroatoms. The molecule has 16 heavy (non-hydrogen) atoms. The second kappa shape index (κ2) is 5.41. The van der Waals surface area contributed by atoms with Crippen molar-refractivity contribution in [3.63, 3.8) is 0 Å². The summed E-state index contributed by atoms with van der Waals surface area (Å²) >= 11 is 1.40. The fourth-order valence-corrected chi connectivity index (χ4v) is 2.67. The fraction of sp³-hybridized carbons (Fsp3) is 0.636. The third-order valence-electron chi connectivity index (χ3n) is 2.95. The van der Waals surface area contributed by atoms with E-state index >= 15 is 0 Å². The summed E-state index contributed by atoms with van der Waals surface area (Å²) in [6.07, 6.45) is 2.30. The molecule has 0 spiro atoms. The zero-order valence-corrected chi connectivity index (χ0v) is 10.3. The van der Waals surface area contributed by atoms with E-state index in [0.29, 0.717) is 0 Å². The van der Waals surface area contributed by atoms with Crippen LogP contribution in [0.3, 0.4) is 0 Å². The van der Waals surface area contributed by atoms with Gasteiger partial charge in [0.1, 0.15) is 4.88 Å². The largest absolute Gasteiger partial charge is 0.351 e. The summed E-state index contributed by atoms with van der Waals surface area (Å²) in [4.78, 5) is 16.6. The van der Waals surface area contributed by atoms with E-state index in [2.05, 4.69) is 15.6 Å². The molecule has 2 rings (SSSR count). The van der Waals surface area contributed by atoms with Crippen LogP contribution in [0.4, 0.5) is 0 Å². The Balaban J connectivity index is 1.73. The zero-order chi connectivity index (χ0) is 11.4. The predicted octanol–water partition coefficient (Wildman–Crippen LogP) is 1.18. The quantitative estimate of drug-likeness (QED) is 0.829. The van der Waals surface area contributed by atoms with Crippen LogP contribution in [0.2, 0.25) is 0 Å². The van der Waals surface area contributed by atoms with E-state index in [4.69, 9.17) is 0 Å². The van der Waals surface area contributed by atoms with Gasteiger partial charge in [-0.1, -0.05) is 0 Å². The molecule has 1 saturated heterocycles. The molecular weight excluding hydrogens is 222 g/mol. The number of rotatable bonds is 4. The van der Waals surface area contributed by atoms with Crippen molar-refractivity contribution in [3.05, 3.63) is 16.1 Å². The van der Waals surface area contributed by atoms with Crippen LogP contribution in [0.15, 0.2) is 5.51 Å². The SMILES string of the molecule is Cc1ncsc1C(=O)NCCC1CCNC1. The van der Waals surface area contributed by atoms with Crippen molar-refractivity contribution >= 4 is 17.2 Å². The van der Waals surface area contributed by atoms with Crippen LogP contribution in [0.5, 0.6) is 0 Å². The Hall–Kier alpha value is -0.940. The molecule has 1 amide bonds. The van der Waals surface area contributed by atoms with Gasteiger partial charge in [0.25, 0.3) is 5.91 Å². The minimum atomic E-state index is 0.0194. The smallest absolute Gasteiger partial charge is 0.263 e. The van der Waals surface area contributed by atoms with Crippen molar-refractivity contribution in [2.75, 3.05) is 19.6 Å². The Morgan fingerprint density at radius 1 is 1.75 bits per heavy atom. The second-order valence-corrected chi connectivity index (χ2v) is 5.03. The number of nitrogens with one attached hydrogen (secondary N) is 2. The maximum Gasteiger partial charge on any atom is 0.263 e. The molecule has 1 aliphatic rings. The van der Waals surface area contributed by atoms with Crippen LogP contribution in [-0.4, -0.2) is 30.5 Å². The summed E-state index contributed by atoms with van der Waals surface area (Å²) < 4.78 is 0. The van der Waals surface area contributed by atoms with Crippen LogP contribution in [0, 0.1) is 12.8 Å². The molecule has 1 aromatic rings. The molecular formula is C11H17N3OS. The number of aryl methyl sites for hydroxylation is 1. The monoisotopic (exact) mass is 239 g/mol. The number of amides is 1. The molecule has 1 unspecified atom stereocenters. The van der Waals surface area contributed by atoms with Crippen LogP contribution >= 0.6 is 11.3 Å². The third-order valence-corrected chi connectivity index (χ3v) is 3.88. The summed E-state index contributed by atoms with van der Waals surface area (Å²) in [5.74, 6) is 0.744. The van der Waals surface area contributed by atoms with Crippen LogP contribution in [0.25, 0.3) is 0 Å². The molecule has 0 aliphatic carbocycles. The Morgan fingerprint density at radius 2 is 2.62 bits per heavy atom. The van der Waals surface area contributed by atoms with E-state index < -0.39 is 0 Å². The van der Waals surface area contributed by atoms with Crippen molar-refractivity contribution in [1.29, 1.82) is 0 Å². The van der Waals surface area contributed by atoms with Crippen molar-refractivity contribution in [2.45, 2.75) is 19.8 Å². The first-order valence-electron chi connectivity index (χ1n) is 5.66. The average Bonchev–Trinajstić information content (AvgIpc) is 2.88. The Kier molecular flexibility index (Phi) is 3.90. The van der Waals surface area contributed by atoms with Crippen LogP contribution in [-0.2, 0) is 0 Å². The number of aromatic nitrogens is 1. The molecule has 1 aromatic heterocycles. The van der Waals surface area contributed by atoms with E-state index in [1.807, 2.05) is 6.92 Å². The molecule has 4 nitrogen and oxygen atoms in total. The first-order chi connectivity index (χ1) is 7.77. The van der Waals surface area contributed by atoms with Crippen molar-refractivity contribution in [1.82, 2.24) is 15.6 Å². The van der Waals surface area contributed by atoms with Gasteiger partial charge in [0.2, 0.25) is 0 Å². The Bertz CT molecular complexity index is 358. The topological polar surface area (TPSA) is 54.0 Å². The number of hydrogen-bond donors (Lipinski definition) is 2. The van der Waals surface area contributed by atoms with Gasteiger partial charge >= 0.3 is 0 Å². The average molecular weight is 239 g/mol. The first kappa shape index (κ1) is 11.5. The van der Waals surface area contributed by atoms with E-state index in [1.54, 1.807) is 5.51 Å². The highest BCUT2D eigenvalue weighted by Crippen LogP contribution is 2.13. The van der Waals surface area contributed by atoms with E-state index in [9.17, 15) is 4.79 Å². The maximum atomic E-state index is 11.7. The summed E-state index contributed by atoms with van der Waals surface area (Å²) in [7, 11) is 0. The van der Waals surface area contributed by atoms with Crippen LogP contribution in [0.1, 0.15) is 28.2 Å². The highest BCUT2D eigenvalue weighted by molar-refractivity contribution is 7.11. The normalized spacial score (nSPS) is 19.9. The van der Waals surface area contributed by atoms with Gasteiger partial charge in [-0.2, -0.15) is 0 Å². The highest BCUT2D eigenvalue weighted by Gasteiger charge is 2.15. The molecule has 2 N–H and O–H groups in total. The minimum Gasteiger partial charge on any atom is -0.351 e. The van der Waals surface area contributed by atoms with Gasteiger partial charge in [0, 0.05) is 6.54 Å². The van der Waals surface area contributed by atoms with Crippen molar-refractivity contribution in [3.8, 4) is 0 Å².